The molecule has 1 aromatic carbocycles. The zero-order valence-corrected chi connectivity index (χ0v) is 13.0. The van der Waals surface area contributed by atoms with Crippen LogP contribution in [0, 0.1) is 5.41 Å². The number of rotatable bonds is 4. The summed E-state index contributed by atoms with van der Waals surface area (Å²) >= 11 is 6.01. The van der Waals surface area contributed by atoms with E-state index in [1.165, 1.54) is 0 Å². The van der Waals surface area contributed by atoms with Gasteiger partial charge in [0, 0.05) is 17.0 Å². The number of nitrogens with one attached hydrogen (secondary N) is 2. The standard InChI is InChI=1S/C15H21ClN2O2/c1-10(18-14(20)15(2,3)4)13(19)17-9-11-7-5-6-8-12(11)16/h5-8,10H,9H2,1-4H3,(H,17,19)(H,18,20). The van der Waals surface area contributed by atoms with Crippen LogP contribution in [0.5, 0.6) is 0 Å². The van der Waals surface area contributed by atoms with Gasteiger partial charge in [0.15, 0.2) is 0 Å². The lowest BCUT2D eigenvalue weighted by Crippen LogP contribution is -2.48. The number of benzene rings is 1. The van der Waals surface area contributed by atoms with Crippen molar-refractivity contribution < 1.29 is 9.59 Å². The first kappa shape index (κ1) is 16.5. The molecule has 0 spiro atoms. The van der Waals surface area contributed by atoms with Gasteiger partial charge in [0.1, 0.15) is 6.04 Å². The predicted molar refractivity (Wildman–Crippen MR) is 80.4 cm³/mol. The SMILES string of the molecule is CC(NC(=O)C(C)(C)C)C(=O)NCc1ccccc1Cl. The highest BCUT2D eigenvalue weighted by atomic mass is 35.5. The van der Waals surface area contributed by atoms with E-state index >= 15 is 0 Å². The molecule has 1 atom stereocenters. The van der Waals surface area contributed by atoms with Gasteiger partial charge in [-0.15, -0.1) is 0 Å². The molecule has 110 valence electrons. The summed E-state index contributed by atoms with van der Waals surface area (Å²) in [5.41, 5.74) is 0.328. The average molecular weight is 297 g/mol. The second kappa shape index (κ2) is 6.75. The molecule has 0 radical (unpaired) electrons. The van der Waals surface area contributed by atoms with E-state index in [0.29, 0.717) is 11.6 Å². The third-order valence-corrected chi connectivity index (χ3v) is 3.20. The first-order chi connectivity index (χ1) is 9.21. The van der Waals surface area contributed by atoms with Crippen molar-refractivity contribution in [3.63, 3.8) is 0 Å². The molecule has 0 aromatic heterocycles. The third-order valence-electron chi connectivity index (χ3n) is 2.83. The van der Waals surface area contributed by atoms with Crippen molar-refractivity contribution in [2.45, 2.75) is 40.3 Å². The van der Waals surface area contributed by atoms with Crippen molar-refractivity contribution in [1.29, 1.82) is 0 Å². The van der Waals surface area contributed by atoms with Crippen LogP contribution in [0.3, 0.4) is 0 Å². The summed E-state index contributed by atoms with van der Waals surface area (Å²) in [5.74, 6) is -0.389. The topological polar surface area (TPSA) is 58.2 Å². The van der Waals surface area contributed by atoms with E-state index in [1.807, 2.05) is 18.2 Å². The minimum absolute atomic E-state index is 0.155. The first-order valence-electron chi connectivity index (χ1n) is 6.54. The van der Waals surface area contributed by atoms with Gasteiger partial charge in [-0.25, -0.2) is 0 Å². The summed E-state index contributed by atoms with van der Waals surface area (Å²) in [6.07, 6.45) is 0. The van der Waals surface area contributed by atoms with Crippen LogP contribution in [-0.4, -0.2) is 17.9 Å². The van der Waals surface area contributed by atoms with Gasteiger partial charge in [-0.1, -0.05) is 50.6 Å². The highest BCUT2D eigenvalue weighted by Gasteiger charge is 2.24. The maximum atomic E-state index is 11.9. The zero-order valence-electron chi connectivity index (χ0n) is 12.3. The minimum Gasteiger partial charge on any atom is -0.350 e. The van der Waals surface area contributed by atoms with Crippen molar-refractivity contribution >= 4 is 23.4 Å². The molecule has 20 heavy (non-hydrogen) atoms. The Morgan fingerprint density at radius 1 is 1.25 bits per heavy atom. The molecule has 0 heterocycles. The molecule has 0 aliphatic carbocycles. The highest BCUT2D eigenvalue weighted by molar-refractivity contribution is 6.31. The van der Waals surface area contributed by atoms with Crippen LogP contribution in [-0.2, 0) is 16.1 Å². The largest absolute Gasteiger partial charge is 0.350 e. The Kier molecular flexibility index (Phi) is 5.57. The van der Waals surface area contributed by atoms with Crippen molar-refractivity contribution in [1.82, 2.24) is 10.6 Å². The maximum absolute atomic E-state index is 11.9. The van der Waals surface area contributed by atoms with Crippen LogP contribution < -0.4 is 10.6 Å². The molecular weight excluding hydrogens is 276 g/mol. The van der Waals surface area contributed by atoms with E-state index in [-0.39, 0.29) is 11.8 Å². The summed E-state index contributed by atoms with van der Waals surface area (Å²) in [6.45, 7) is 7.41. The normalized spacial score (nSPS) is 12.7. The van der Waals surface area contributed by atoms with Crippen LogP contribution in [0.25, 0.3) is 0 Å². The molecule has 1 rings (SSSR count). The van der Waals surface area contributed by atoms with E-state index in [0.717, 1.165) is 5.56 Å². The van der Waals surface area contributed by atoms with Crippen molar-refractivity contribution in [2.75, 3.05) is 0 Å². The number of amides is 2. The molecule has 1 unspecified atom stereocenters. The van der Waals surface area contributed by atoms with E-state index in [4.69, 9.17) is 11.6 Å². The lowest BCUT2D eigenvalue weighted by molar-refractivity contribution is -0.133. The molecule has 0 bridgehead atoms. The predicted octanol–water partition coefficient (Wildman–Crippen LogP) is 2.51. The Hall–Kier alpha value is -1.55. The number of carbonyl (C=O) groups is 2. The third kappa shape index (κ3) is 4.85. The van der Waals surface area contributed by atoms with Crippen LogP contribution >= 0.6 is 11.6 Å². The second-order valence-corrected chi connectivity index (χ2v) is 6.16. The van der Waals surface area contributed by atoms with E-state index < -0.39 is 11.5 Å². The van der Waals surface area contributed by atoms with Crippen molar-refractivity contribution in [3.05, 3.63) is 34.9 Å². The number of hydrogen-bond acceptors (Lipinski definition) is 2. The quantitative estimate of drug-likeness (QED) is 0.897. The van der Waals surface area contributed by atoms with Gasteiger partial charge in [-0.05, 0) is 18.6 Å². The molecule has 0 saturated heterocycles. The fraction of sp³-hybridized carbons (Fsp3) is 0.467. The fourth-order valence-corrected chi connectivity index (χ4v) is 1.66. The maximum Gasteiger partial charge on any atom is 0.242 e. The first-order valence-corrected chi connectivity index (χ1v) is 6.91. The molecule has 2 amide bonds. The van der Waals surface area contributed by atoms with Crippen LogP contribution in [0.15, 0.2) is 24.3 Å². The Bertz CT molecular complexity index is 495. The van der Waals surface area contributed by atoms with E-state index in [9.17, 15) is 9.59 Å². The van der Waals surface area contributed by atoms with Gasteiger partial charge < -0.3 is 10.6 Å². The van der Waals surface area contributed by atoms with E-state index in [2.05, 4.69) is 10.6 Å². The van der Waals surface area contributed by atoms with Crippen LogP contribution in [0.2, 0.25) is 5.02 Å². The highest BCUT2D eigenvalue weighted by Crippen LogP contribution is 2.15. The van der Waals surface area contributed by atoms with Gasteiger partial charge in [0.25, 0.3) is 0 Å². The van der Waals surface area contributed by atoms with Gasteiger partial charge in [0.2, 0.25) is 11.8 Å². The number of halogens is 1. The van der Waals surface area contributed by atoms with Crippen molar-refractivity contribution in [2.24, 2.45) is 5.41 Å². The minimum atomic E-state index is -0.579. The molecule has 0 aliphatic rings. The Morgan fingerprint density at radius 3 is 2.40 bits per heavy atom. The number of carbonyl (C=O) groups excluding carboxylic acids is 2. The Morgan fingerprint density at radius 2 is 1.85 bits per heavy atom. The Labute approximate surface area is 124 Å². The average Bonchev–Trinajstić information content (AvgIpc) is 2.36. The molecular formula is C15H21ClN2O2. The molecule has 0 saturated carbocycles. The van der Waals surface area contributed by atoms with Crippen LogP contribution in [0.4, 0.5) is 0 Å². The van der Waals surface area contributed by atoms with E-state index in [1.54, 1.807) is 33.8 Å². The molecule has 4 nitrogen and oxygen atoms in total. The summed E-state index contributed by atoms with van der Waals surface area (Å²) in [4.78, 5) is 23.7. The molecule has 5 heteroatoms. The monoisotopic (exact) mass is 296 g/mol. The van der Waals surface area contributed by atoms with Gasteiger partial charge in [-0.2, -0.15) is 0 Å². The van der Waals surface area contributed by atoms with Crippen molar-refractivity contribution in [3.8, 4) is 0 Å². The Balaban J connectivity index is 2.51. The summed E-state index contributed by atoms with van der Waals surface area (Å²) in [6, 6.07) is 6.73. The lowest BCUT2D eigenvalue weighted by Gasteiger charge is -2.21. The van der Waals surface area contributed by atoms with Gasteiger partial charge in [0.05, 0.1) is 0 Å². The summed E-state index contributed by atoms with van der Waals surface area (Å²) in [7, 11) is 0. The van der Waals surface area contributed by atoms with Gasteiger partial charge >= 0.3 is 0 Å². The fourth-order valence-electron chi connectivity index (χ4n) is 1.46. The molecule has 0 fully saturated rings. The summed E-state index contributed by atoms with van der Waals surface area (Å²) in [5, 5.41) is 6.06. The van der Waals surface area contributed by atoms with Gasteiger partial charge in [-0.3, -0.25) is 9.59 Å². The molecule has 0 aliphatic heterocycles. The smallest absolute Gasteiger partial charge is 0.242 e. The second-order valence-electron chi connectivity index (χ2n) is 5.75. The lowest BCUT2D eigenvalue weighted by atomic mass is 9.95. The zero-order chi connectivity index (χ0) is 15.3. The molecule has 1 aromatic rings. The van der Waals surface area contributed by atoms with Crippen LogP contribution in [0.1, 0.15) is 33.3 Å². The molecule has 2 N–H and O–H groups in total. The number of hydrogen-bond donors (Lipinski definition) is 2. The summed E-state index contributed by atoms with van der Waals surface area (Å²) < 4.78 is 0.